The van der Waals surface area contributed by atoms with E-state index >= 15 is 0 Å². The maximum atomic E-state index is 11.9. The molecule has 0 aromatic heterocycles. The van der Waals surface area contributed by atoms with E-state index in [0.717, 1.165) is 11.1 Å². The fourth-order valence-electron chi connectivity index (χ4n) is 1.93. The number of carbonyl (C=O) groups is 2. The third-order valence-corrected chi connectivity index (χ3v) is 2.61. The zero-order valence-electron chi connectivity index (χ0n) is 9.76. The van der Waals surface area contributed by atoms with Crippen molar-refractivity contribution in [3.05, 3.63) is 24.3 Å². The molecule has 0 aromatic carbocycles. The number of ether oxygens (including phenoxy) is 1. The molecule has 0 heterocycles. The third kappa shape index (κ3) is 2.32. The number of nitrogens with one attached hydrogen (secondary N) is 1. The summed E-state index contributed by atoms with van der Waals surface area (Å²) in [5.41, 5.74) is 0.597. The van der Waals surface area contributed by atoms with Gasteiger partial charge in [0.2, 0.25) is 5.91 Å². The maximum Gasteiger partial charge on any atom is 0.332 e. The van der Waals surface area contributed by atoms with Gasteiger partial charge in [-0.1, -0.05) is 13.2 Å². The first kappa shape index (κ1) is 12.5. The van der Waals surface area contributed by atoms with E-state index in [0.29, 0.717) is 19.4 Å². The van der Waals surface area contributed by atoms with Crippen molar-refractivity contribution in [2.75, 3.05) is 6.61 Å². The lowest BCUT2D eigenvalue weighted by atomic mass is 9.97. The van der Waals surface area contributed by atoms with E-state index in [1.807, 2.05) is 0 Å². The maximum absolute atomic E-state index is 11.9. The minimum Gasteiger partial charge on any atom is -0.464 e. The second-order valence-electron chi connectivity index (χ2n) is 4.04. The van der Waals surface area contributed by atoms with E-state index < -0.39 is 11.5 Å². The summed E-state index contributed by atoms with van der Waals surface area (Å²) in [5.74, 6) is -0.666. The molecule has 0 bridgehead atoms. The van der Waals surface area contributed by atoms with Crippen LogP contribution in [-0.4, -0.2) is 24.0 Å². The van der Waals surface area contributed by atoms with Crippen LogP contribution in [0.15, 0.2) is 24.3 Å². The molecular weight excluding hydrogens is 206 g/mol. The first-order chi connectivity index (χ1) is 7.41. The van der Waals surface area contributed by atoms with Crippen molar-refractivity contribution in [1.82, 2.24) is 5.32 Å². The summed E-state index contributed by atoms with van der Waals surface area (Å²) in [5, 5.41) is 2.67. The molecule has 1 aliphatic rings. The third-order valence-electron chi connectivity index (χ3n) is 2.61. The van der Waals surface area contributed by atoms with Crippen molar-refractivity contribution in [3.63, 3.8) is 0 Å². The van der Waals surface area contributed by atoms with Gasteiger partial charge >= 0.3 is 5.97 Å². The average molecular weight is 223 g/mol. The summed E-state index contributed by atoms with van der Waals surface area (Å²) in [7, 11) is 0. The van der Waals surface area contributed by atoms with E-state index in [1.54, 1.807) is 6.92 Å². The first-order valence-corrected chi connectivity index (χ1v) is 5.23. The van der Waals surface area contributed by atoms with Gasteiger partial charge in [-0.15, -0.1) is 0 Å². The van der Waals surface area contributed by atoms with Gasteiger partial charge in [0.05, 0.1) is 6.61 Å². The molecule has 0 atom stereocenters. The fourth-order valence-corrected chi connectivity index (χ4v) is 1.93. The predicted octanol–water partition coefficient (Wildman–Crippen LogP) is 1.33. The van der Waals surface area contributed by atoms with Crippen LogP contribution in [0, 0.1) is 0 Å². The molecule has 0 radical (unpaired) electrons. The van der Waals surface area contributed by atoms with E-state index in [1.165, 1.54) is 6.92 Å². The molecule has 1 saturated carbocycles. The lowest BCUT2D eigenvalue weighted by Crippen LogP contribution is -2.52. The second kappa shape index (κ2) is 4.51. The van der Waals surface area contributed by atoms with Gasteiger partial charge in [0.25, 0.3) is 0 Å². The summed E-state index contributed by atoms with van der Waals surface area (Å²) >= 11 is 0. The first-order valence-electron chi connectivity index (χ1n) is 5.23. The molecule has 0 spiro atoms. The molecule has 0 aliphatic heterocycles. The average Bonchev–Trinajstić information content (AvgIpc) is 2.42. The Hall–Kier alpha value is -1.58. The number of rotatable bonds is 3. The van der Waals surface area contributed by atoms with Crippen LogP contribution in [0.3, 0.4) is 0 Å². The standard InChI is InChI=1S/C12H17NO3/c1-5-16-11(15)12(13-10(4)14)6-8(2)9(3)7-12/h2-3,5-7H2,1,4H3,(H,13,14). The van der Waals surface area contributed by atoms with Crippen molar-refractivity contribution in [2.45, 2.75) is 32.2 Å². The molecule has 1 aliphatic carbocycles. The molecule has 1 N–H and O–H groups in total. The van der Waals surface area contributed by atoms with Gasteiger partial charge in [-0.05, 0) is 18.1 Å². The van der Waals surface area contributed by atoms with Gasteiger partial charge in [-0.25, -0.2) is 4.79 Å². The van der Waals surface area contributed by atoms with Crippen molar-refractivity contribution >= 4 is 11.9 Å². The van der Waals surface area contributed by atoms with E-state index in [-0.39, 0.29) is 5.91 Å². The van der Waals surface area contributed by atoms with Crippen LogP contribution in [0.2, 0.25) is 0 Å². The Morgan fingerprint density at radius 3 is 2.25 bits per heavy atom. The highest BCUT2D eigenvalue weighted by Gasteiger charge is 2.46. The van der Waals surface area contributed by atoms with Crippen LogP contribution in [0.4, 0.5) is 0 Å². The number of esters is 1. The quantitative estimate of drug-likeness (QED) is 0.734. The van der Waals surface area contributed by atoms with Gasteiger partial charge in [0.1, 0.15) is 5.54 Å². The zero-order valence-corrected chi connectivity index (χ0v) is 9.76. The van der Waals surface area contributed by atoms with Crippen molar-refractivity contribution in [1.29, 1.82) is 0 Å². The number of hydrogen-bond donors (Lipinski definition) is 1. The minimum atomic E-state index is -0.990. The molecule has 4 heteroatoms. The lowest BCUT2D eigenvalue weighted by Gasteiger charge is -2.26. The number of carbonyl (C=O) groups excluding carboxylic acids is 2. The second-order valence-corrected chi connectivity index (χ2v) is 4.04. The normalized spacial score (nSPS) is 18.4. The summed E-state index contributed by atoms with van der Waals surface area (Å²) in [6.07, 6.45) is 0.758. The highest BCUT2D eigenvalue weighted by Crippen LogP contribution is 2.37. The molecule has 0 aromatic rings. The highest BCUT2D eigenvalue weighted by molar-refractivity contribution is 5.89. The largest absolute Gasteiger partial charge is 0.464 e. The zero-order chi connectivity index (χ0) is 12.3. The molecule has 1 amide bonds. The predicted molar refractivity (Wildman–Crippen MR) is 60.7 cm³/mol. The number of hydrogen-bond acceptors (Lipinski definition) is 3. The Bertz CT molecular complexity index is 341. The van der Waals surface area contributed by atoms with Crippen molar-refractivity contribution < 1.29 is 14.3 Å². The molecule has 16 heavy (non-hydrogen) atoms. The minimum absolute atomic E-state index is 0.254. The van der Waals surface area contributed by atoms with Gasteiger partial charge in [-0.2, -0.15) is 0 Å². The Labute approximate surface area is 95.4 Å². The van der Waals surface area contributed by atoms with Crippen LogP contribution in [0.25, 0.3) is 0 Å². The Morgan fingerprint density at radius 2 is 1.88 bits per heavy atom. The summed E-state index contributed by atoms with van der Waals surface area (Å²) in [6, 6.07) is 0. The van der Waals surface area contributed by atoms with Crippen LogP contribution < -0.4 is 5.32 Å². The molecule has 1 fully saturated rings. The van der Waals surface area contributed by atoms with Gasteiger partial charge in [0.15, 0.2) is 0 Å². The molecule has 4 nitrogen and oxygen atoms in total. The summed E-state index contributed by atoms with van der Waals surface area (Å²) in [4.78, 5) is 23.0. The summed E-state index contributed by atoms with van der Waals surface area (Å²) in [6.45, 7) is 11.0. The van der Waals surface area contributed by atoms with Gasteiger partial charge in [0, 0.05) is 19.8 Å². The fraction of sp³-hybridized carbons (Fsp3) is 0.500. The Kier molecular flexibility index (Phi) is 3.52. The monoisotopic (exact) mass is 223 g/mol. The van der Waals surface area contributed by atoms with Crippen LogP contribution in [-0.2, 0) is 14.3 Å². The SMILES string of the molecule is C=C1CC(NC(C)=O)(C(=O)OCC)CC1=C. The Balaban J connectivity index is 2.95. The van der Waals surface area contributed by atoms with Gasteiger partial charge < -0.3 is 10.1 Å². The van der Waals surface area contributed by atoms with E-state index in [4.69, 9.17) is 4.74 Å². The molecule has 88 valence electrons. The number of amides is 1. The van der Waals surface area contributed by atoms with Gasteiger partial charge in [-0.3, -0.25) is 4.79 Å². The summed E-state index contributed by atoms with van der Waals surface area (Å²) < 4.78 is 4.99. The molecule has 0 saturated heterocycles. The van der Waals surface area contributed by atoms with Crippen LogP contribution >= 0.6 is 0 Å². The van der Waals surface area contributed by atoms with Crippen molar-refractivity contribution in [3.8, 4) is 0 Å². The van der Waals surface area contributed by atoms with E-state index in [9.17, 15) is 9.59 Å². The topological polar surface area (TPSA) is 55.4 Å². The highest BCUT2D eigenvalue weighted by atomic mass is 16.5. The lowest BCUT2D eigenvalue weighted by molar-refractivity contribution is -0.152. The molecular formula is C12H17NO3. The van der Waals surface area contributed by atoms with Crippen LogP contribution in [0.5, 0.6) is 0 Å². The molecule has 0 unspecified atom stereocenters. The van der Waals surface area contributed by atoms with E-state index in [2.05, 4.69) is 18.5 Å². The molecule has 1 rings (SSSR count). The van der Waals surface area contributed by atoms with Crippen molar-refractivity contribution in [2.24, 2.45) is 0 Å². The smallest absolute Gasteiger partial charge is 0.332 e. The van der Waals surface area contributed by atoms with Crippen LogP contribution in [0.1, 0.15) is 26.7 Å². The Morgan fingerprint density at radius 1 is 1.38 bits per heavy atom.